The molecule has 1 atom stereocenters. The molecule has 0 radical (unpaired) electrons. The molecule has 0 fully saturated rings. The summed E-state index contributed by atoms with van der Waals surface area (Å²) >= 11 is 8.28. The van der Waals surface area contributed by atoms with Crippen LogP contribution in [0.4, 0.5) is 0 Å². The molecule has 0 aliphatic carbocycles. The quantitative estimate of drug-likeness (QED) is 0.692. The van der Waals surface area contributed by atoms with Gasteiger partial charge in [0, 0.05) is 23.7 Å². The predicted octanol–water partition coefficient (Wildman–Crippen LogP) is 4.71. The van der Waals surface area contributed by atoms with Crippen LogP contribution in [0.5, 0.6) is 0 Å². The molecule has 126 valence electrons. The van der Waals surface area contributed by atoms with Crippen molar-refractivity contribution >= 4 is 22.9 Å². The van der Waals surface area contributed by atoms with Gasteiger partial charge in [0.2, 0.25) is 0 Å². The molecule has 1 unspecified atom stereocenters. The van der Waals surface area contributed by atoms with Crippen LogP contribution >= 0.6 is 22.9 Å². The predicted molar refractivity (Wildman–Crippen MR) is 99.9 cm³/mol. The van der Waals surface area contributed by atoms with Gasteiger partial charge in [0.25, 0.3) is 0 Å². The normalized spacial score (nSPS) is 13.8. The van der Waals surface area contributed by atoms with Crippen LogP contribution in [0.15, 0.2) is 41.9 Å². The Kier molecular flexibility index (Phi) is 5.04. The second-order valence-electron chi connectivity index (χ2n) is 5.98. The SMILES string of the molecule is CCC(C)(NCc1c(C)nn(-c2ccccc2)c1Cl)c1nccs1. The Morgan fingerprint density at radius 2 is 2.04 bits per heavy atom. The van der Waals surface area contributed by atoms with Crippen molar-refractivity contribution in [2.45, 2.75) is 39.3 Å². The van der Waals surface area contributed by atoms with Crippen LogP contribution in [0, 0.1) is 6.92 Å². The van der Waals surface area contributed by atoms with E-state index in [1.54, 1.807) is 16.0 Å². The molecule has 0 spiro atoms. The topological polar surface area (TPSA) is 42.7 Å². The Morgan fingerprint density at radius 3 is 2.67 bits per heavy atom. The van der Waals surface area contributed by atoms with Gasteiger partial charge in [-0.2, -0.15) is 5.10 Å². The van der Waals surface area contributed by atoms with Crippen molar-refractivity contribution in [3.8, 4) is 5.69 Å². The highest BCUT2D eigenvalue weighted by molar-refractivity contribution is 7.09. The lowest BCUT2D eigenvalue weighted by molar-refractivity contribution is 0.349. The molecule has 4 nitrogen and oxygen atoms in total. The smallest absolute Gasteiger partial charge is 0.137 e. The molecule has 3 rings (SSSR count). The number of hydrogen-bond acceptors (Lipinski definition) is 4. The molecule has 0 saturated heterocycles. The summed E-state index contributed by atoms with van der Waals surface area (Å²) in [6.07, 6.45) is 2.80. The van der Waals surface area contributed by atoms with Crippen molar-refractivity contribution in [3.05, 3.63) is 63.3 Å². The van der Waals surface area contributed by atoms with E-state index in [1.807, 2.05) is 48.8 Å². The zero-order chi connectivity index (χ0) is 17.2. The summed E-state index contributed by atoms with van der Waals surface area (Å²) < 4.78 is 1.79. The number of para-hydroxylation sites is 1. The van der Waals surface area contributed by atoms with E-state index in [4.69, 9.17) is 11.6 Å². The summed E-state index contributed by atoms with van der Waals surface area (Å²) in [5, 5.41) is 12.0. The Morgan fingerprint density at radius 1 is 1.29 bits per heavy atom. The first kappa shape index (κ1) is 17.1. The molecule has 0 bridgehead atoms. The van der Waals surface area contributed by atoms with Crippen LogP contribution in [0.1, 0.15) is 36.5 Å². The van der Waals surface area contributed by atoms with Gasteiger partial charge >= 0.3 is 0 Å². The van der Waals surface area contributed by atoms with Gasteiger partial charge in [0.15, 0.2) is 0 Å². The van der Waals surface area contributed by atoms with Crippen LogP contribution in [0.2, 0.25) is 5.15 Å². The monoisotopic (exact) mass is 360 g/mol. The summed E-state index contributed by atoms with van der Waals surface area (Å²) in [6.45, 7) is 6.99. The minimum atomic E-state index is -0.168. The van der Waals surface area contributed by atoms with Crippen LogP contribution < -0.4 is 5.32 Å². The molecule has 2 heterocycles. The van der Waals surface area contributed by atoms with Gasteiger partial charge in [-0.3, -0.25) is 0 Å². The van der Waals surface area contributed by atoms with E-state index in [0.717, 1.165) is 28.4 Å². The maximum Gasteiger partial charge on any atom is 0.137 e. The summed E-state index contributed by atoms with van der Waals surface area (Å²) in [4.78, 5) is 4.47. The van der Waals surface area contributed by atoms with Gasteiger partial charge in [-0.15, -0.1) is 11.3 Å². The van der Waals surface area contributed by atoms with Crippen LogP contribution in [-0.4, -0.2) is 14.8 Å². The third-order valence-corrected chi connectivity index (χ3v) is 5.81. The average Bonchev–Trinajstić information content (AvgIpc) is 3.23. The second-order valence-corrected chi connectivity index (χ2v) is 7.23. The van der Waals surface area contributed by atoms with E-state index in [2.05, 4.69) is 29.2 Å². The maximum absolute atomic E-state index is 6.61. The van der Waals surface area contributed by atoms with E-state index in [-0.39, 0.29) is 5.54 Å². The molecule has 24 heavy (non-hydrogen) atoms. The number of nitrogens with zero attached hydrogens (tertiary/aromatic N) is 3. The summed E-state index contributed by atoms with van der Waals surface area (Å²) in [5.41, 5.74) is 2.76. The van der Waals surface area contributed by atoms with Crippen LogP contribution in [0.3, 0.4) is 0 Å². The Balaban J connectivity index is 1.85. The van der Waals surface area contributed by atoms with Crippen molar-refractivity contribution in [1.29, 1.82) is 0 Å². The lowest BCUT2D eigenvalue weighted by Crippen LogP contribution is -2.38. The molecular formula is C18H21ClN4S. The third kappa shape index (κ3) is 3.24. The van der Waals surface area contributed by atoms with Crippen molar-refractivity contribution < 1.29 is 0 Å². The summed E-state index contributed by atoms with van der Waals surface area (Å²) in [6, 6.07) is 9.95. The van der Waals surface area contributed by atoms with Crippen molar-refractivity contribution in [3.63, 3.8) is 0 Å². The minimum Gasteiger partial charge on any atom is -0.301 e. The van der Waals surface area contributed by atoms with E-state index in [0.29, 0.717) is 11.7 Å². The standard InChI is InChI=1S/C18H21ClN4S/c1-4-18(3,17-20-10-11-24-17)21-12-15-13(2)22-23(16(15)19)14-8-6-5-7-9-14/h5-11,21H,4,12H2,1-3H3. The molecule has 1 aromatic carbocycles. The largest absolute Gasteiger partial charge is 0.301 e. The number of thiazole rings is 1. The van der Waals surface area contributed by atoms with E-state index in [9.17, 15) is 0 Å². The van der Waals surface area contributed by atoms with Gasteiger partial charge in [0.05, 0.1) is 16.9 Å². The zero-order valence-electron chi connectivity index (χ0n) is 14.1. The number of halogens is 1. The number of benzene rings is 1. The van der Waals surface area contributed by atoms with Crippen LogP contribution in [0.25, 0.3) is 5.69 Å². The fourth-order valence-corrected chi connectivity index (χ4v) is 3.79. The number of aryl methyl sites for hydroxylation is 1. The van der Waals surface area contributed by atoms with Gasteiger partial charge in [-0.05, 0) is 32.4 Å². The molecule has 1 N–H and O–H groups in total. The first-order valence-corrected chi connectivity index (χ1v) is 9.25. The summed E-state index contributed by atoms with van der Waals surface area (Å²) in [7, 11) is 0. The summed E-state index contributed by atoms with van der Waals surface area (Å²) in [5.74, 6) is 0. The molecule has 0 amide bonds. The van der Waals surface area contributed by atoms with Crippen molar-refractivity contribution in [2.75, 3.05) is 0 Å². The van der Waals surface area contributed by atoms with Crippen molar-refractivity contribution in [1.82, 2.24) is 20.1 Å². The number of hydrogen-bond donors (Lipinski definition) is 1. The number of nitrogens with one attached hydrogen (secondary N) is 1. The second kappa shape index (κ2) is 7.05. The highest BCUT2D eigenvalue weighted by atomic mass is 35.5. The lowest BCUT2D eigenvalue weighted by atomic mass is 9.99. The fraction of sp³-hybridized carbons (Fsp3) is 0.333. The Hall–Kier alpha value is -1.69. The first-order chi connectivity index (χ1) is 11.5. The number of rotatable bonds is 6. The zero-order valence-corrected chi connectivity index (χ0v) is 15.7. The molecular weight excluding hydrogens is 340 g/mol. The lowest BCUT2D eigenvalue weighted by Gasteiger charge is -2.27. The highest BCUT2D eigenvalue weighted by Gasteiger charge is 2.27. The van der Waals surface area contributed by atoms with Crippen molar-refractivity contribution in [2.24, 2.45) is 0 Å². The Labute approximate surface area is 151 Å². The number of aromatic nitrogens is 3. The van der Waals surface area contributed by atoms with Gasteiger partial charge in [-0.1, -0.05) is 36.7 Å². The van der Waals surface area contributed by atoms with Gasteiger partial charge in [0.1, 0.15) is 10.2 Å². The molecule has 6 heteroatoms. The van der Waals surface area contributed by atoms with E-state index in [1.165, 1.54) is 0 Å². The third-order valence-electron chi connectivity index (χ3n) is 4.39. The minimum absolute atomic E-state index is 0.168. The van der Waals surface area contributed by atoms with Gasteiger partial charge < -0.3 is 5.32 Å². The molecule has 3 aromatic rings. The van der Waals surface area contributed by atoms with Crippen LogP contribution in [-0.2, 0) is 12.1 Å². The fourth-order valence-electron chi connectivity index (χ4n) is 2.60. The molecule has 2 aromatic heterocycles. The van der Waals surface area contributed by atoms with E-state index >= 15 is 0 Å². The maximum atomic E-state index is 6.61. The van der Waals surface area contributed by atoms with Gasteiger partial charge in [-0.25, -0.2) is 9.67 Å². The molecule has 0 aliphatic heterocycles. The molecule has 0 saturated carbocycles. The Bertz CT molecular complexity index is 798. The van der Waals surface area contributed by atoms with E-state index < -0.39 is 0 Å². The highest BCUT2D eigenvalue weighted by Crippen LogP contribution is 2.29. The molecule has 0 aliphatic rings. The first-order valence-electron chi connectivity index (χ1n) is 7.99. The average molecular weight is 361 g/mol.